The van der Waals surface area contributed by atoms with Gasteiger partial charge in [-0.1, -0.05) is 12.8 Å². The van der Waals surface area contributed by atoms with Gasteiger partial charge in [0.1, 0.15) is 0 Å². The molecule has 1 aliphatic carbocycles. The van der Waals surface area contributed by atoms with E-state index >= 15 is 0 Å². The Labute approximate surface area is 105 Å². The number of rotatable bonds is 4. The number of hydrogen-bond acceptors (Lipinski definition) is 3. The first-order valence-corrected chi connectivity index (χ1v) is 7.18. The van der Waals surface area contributed by atoms with Crippen LogP contribution in [-0.2, 0) is 0 Å². The third-order valence-corrected chi connectivity index (χ3v) is 4.37. The molecule has 0 spiro atoms. The van der Waals surface area contributed by atoms with Crippen LogP contribution in [0.5, 0.6) is 0 Å². The molecule has 3 unspecified atom stereocenters. The molecule has 0 aromatic rings. The van der Waals surface area contributed by atoms with E-state index in [0.717, 1.165) is 13.0 Å². The van der Waals surface area contributed by atoms with Gasteiger partial charge in [0.2, 0.25) is 0 Å². The highest BCUT2D eigenvalue weighted by molar-refractivity contribution is 4.96. The Morgan fingerprint density at radius 2 is 2.00 bits per heavy atom. The fourth-order valence-corrected chi connectivity index (χ4v) is 3.17. The van der Waals surface area contributed by atoms with Crippen molar-refractivity contribution in [3.05, 3.63) is 0 Å². The molecule has 3 nitrogen and oxygen atoms in total. The Balaban J connectivity index is 1.72. The van der Waals surface area contributed by atoms with Gasteiger partial charge in [-0.2, -0.15) is 5.26 Å². The van der Waals surface area contributed by atoms with Crippen LogP contribution in [0.4, 0.5) is 0 Å². The standard InChI is InChI=1S/C14H25N3/c1-12(17-8-3-2-4-9-17)11-16-14-7-5-6-13(14)10-15/h12-14,16H,2-9,11H2,1H3. The number of nitriles is 1. The third-order valence-electron chi connectivity index (χ3n) is 4.37. The highest BCUT2D eigenvalue weighted by Gasteiger charge is 2.27. The number of likely N-dealkylation sites (tertiary alicyclic amines) is 1. The van der Waals surface area contributed by atoms with E-state index < -0.39 is 0 Å². The summed E-state index contributed by atoms with van der Waals surface area (Å²) >= 11 is 0. The third kappa shape index (κ3) is 3.43. The van der Waals surface area contributed by atoms with Crippen LogP contribution in [0.1, 0.15) is 45.4 Å². The van der Waals surface area contributed by atoms with Crippen LogP contribution in [0.3, 0.4) is 0 Å². The summed E-state index contributed by atoms with van der Waals surface area (Å²) in [5.74, 6) is 0.253. The van der Waals surface area contributed by atoms with Gasteiger partial charge in [-0.25, -0.2) is 0 Å². The fourth-order valence-electron chi connectivity index (χ4n) is 3.17. The summed E-state index contributed by atoms with van der Waals surface area (Å²) in [5, 5.41) is 12.7. The smallest absolute Gasteiger partial charge is 0.0672 e. The van der Waals surface area contributed by atoms with E-state index in [1.165, 1.54) is 45.2 Å². The Hall–Kier alpha value is -0.590. The molecular formula is C14H25N3. The van der Waals surface area contributed by atoms with Crippen molar-refractivity contribution in [3.63, 3.8) is 0 Å². The fraction of sp³-hybridized carbons (Fsp3) is 0.929. The predicted octanol–water partition coefficient (Wildman–Crippen LogP) is 2.14. The number of piperidine rings is 1. The monoisotopic (exact) mass is 235 g/mol. The Kier molecular flexibility index (Phi) is 4.82. The molecular weight excluding hydrogens is 210 g/mol. The summed E-state index contributed by atoms with van der Waals surface area (Å²) in [5.41, 5.74) is 0. The lowest BCUT2D eigenvalue weighted by atomic mass is 10.0. The van der Waals surface area contributed by atoms with Gasteiger partial charge in [-0.3, -0.25) is 4.90 Å². The minimum atomic E-state index is 0.253. The molecule has 3 heteroatoms. The first kappa shape index (κ1) is 12.9. The summed E-state index contributed by atoms with van der Waals surface area (Å²) in [7, 11) is 0. The topological polar surface area (TPSA) is 39.1 Å². The minimum Gasteiger partial charge on any atom is -0.311 e. The van der Waals surface area contributed by atoms with Crippen molar-refractivity contribution in [2.45, 2.75) is 57.5 Å². The number of nitrogens with one attached hydrogen (secondary N) is 1. The molecule has 96 valence electrons. The molecule has 0 bridgehead atoms. The molecule has 1 N–H and O–H groups in total. The Bertz CT molecular complexity index is 265. The Morgan fingerprint density at radius 3 is 2.71 bits per heavy atom. The number of nitrogens with zero attached hydrogens (tertiary/aromatic N) is 2. The maximum absolute atomic E-state index is 9.05. The van der Waals surface area contributed by atoms with E-state index in [2.05, 4.69) is 23.2 Å². The predicted molar refractivity (Wildman–Crippen MR) is 69.6 cm³/mol. The molecule has 2 rings (SSSR count). The second kappa shape index (κ2) is 6.37. The van der Waals surface area contributed by atoms with Gasteiger partial charge >= 0.3 is 0 Å². The molecule has 0 aromatic heterocycles. The summed E-state index contributed by atoms with van der Waals surface area (Å²) in [6, 6.07) is 3.51. The zero-order chi connectivity index (χ0) is 12.1. The summed E-state index contributed by atoms with van der Waals surface area (Å²) in [6.07, 6.45) is 7.60. The van der Waals surface area contributed by atoms with Crippen LogP contribution in [0.25, 0.3) is 0 Å². The Morgan fingerprint density at radius 1 is 1.24 bits per heavy atom. The second-order valence-corrected chi connectivity index (χ2v) is 5.63. The average Bonchev–Trinajstić information content (AvgIpc) is 2.84. The van der Waals surface area contributed by atoms with Crippen molar-refractivity contribution in [1.29, 1.82) is 5.26 Å². The van der Waals surface area contributed by atoms with Crippen molar-refractivity contribution in [2.24, 2.45) is 5.92 Å². The lowest BCUT2D eigenvalue weighted by molar-refractivity contribution is 0.167. The largest absolute Gasteiger partial charge is 0.311 e. The van der Waals surface area contributed by atoms with Crippen LogP contribution >= 0.6 is 0 Å². The van der Waals surface area contributed by atoms with Crippen LogP contribution in [-0.4, -0.2) is 36.6 Å². The van der Waals surface area contributed by atoms with E-state index in [1.54, 1.807) is 0 Å². The zero-order valence-electron chi connectivity index (χ0n) is 11.0. The normalized spacial score (nSPS) is 32.2. The molecule has 0 aromatic carbocycles. The molecule has 1 saturated carbocycles. The van der Waals surface area contributed by atoms with Crippen LogP contribution in [0, 0.1) is 17.2 Å². The zero-order valence-corrected chi connectivity index (χ0v) is 11.0. The van der Waals surface area contributed by atoms with Crippen LogP contribution in [0.15, 0.2) is 0 Å². The quantitative estimate of drug-likeness (QED) is 0.811. The lowest BCUT2D eigenvalue weighted by Crippen LogP contribution is -2.46. The summed E-state index contributed by atoms with van der Waals surface area (Å²) in [6.45, 7) is 5.88. The van der Waals surface area contributed by atoms with Crippen molar-refractivity contribution in [1.82, 2.24) is 10.2 Å². The van der Waals surface area contributed by atoms with Gasteiger partial charge in [0.15, 0.2) is 0 Å². The highest BCUT2D eigenvalue weighted by Crippen LogP contribution is 2.24. The lowest BCUT2D eigenvalue weighted by Gasteiger charge is -2.33. The molecule has 3 atom stereocenters. The highest BCUT2D eigenvalue weighted by atomic mass is 15.2. The van der Waals surface area contributed by atoms with E-state index in [1.807, 2.05) is 0 Å². The van der Waals surface area contributed by atoms with Crippen molar-refractivity contribution in [2.75, 3.05) is 19.6 Å². The molecule has 17 heavy (non-hydrogen) atoms. The van der Waals surface area contributed by atoms with E-state index in [4.69, 9.17) is 5.26 Å². The van der Waals surface area contributed by atoms with Gasteiger partial charge in [0, 0.05) is 18.6 Å². The van der Waals surface area contributed by atoms with Crippen molar-refractivity contribution < 1.29 is 0 Å². The van der Waals surface area contributed by atoms with Gasteiger partial charge in [0.05, 0.1) is 12.0 Å². The number of hydrogen-bond donors (Lipinski definition) is 1. The molecule has 1 aliphatic heterocycles. The average molecular weight is 235 g/mol. The molecule has 1 heterocycles. The molecule has 1 saturated heterocycles. The van der Waals surface area contributed by atoms with Crippen molar-refractivity contribution >= 4 is 0 Å². The van der Waals surface area contributed by atoms with Crippen LogP contribution < -0.4 is 5.32 Å². The molecule has 0 radical (unpaired) electrons. The summed E-state index contributed by atoms with van der Waals surface area (Å²) < 4.78 is 0. The van der Waals surface area contributed by atoms with E-state index in [9.17, 15) is 0 Å². The minimum absolute atomic E-state index is 0.253. The maximum atomic E-state index is 9.05. The van der Waals surface area contributed by atoms with Gasteiger partial charge in [-0.05, 0) is 45.7 Å². The van der Waals surface area contributed by atoms with Crippen molar-refractivity contribution in [3.8, 4) is 6.07 Å². The van der Waals surface area contributed by atoms with E-state index in [-0.39, 0.29) is 5.92 Å². The van der Waals surface area contributed by atoms with Gasteiger partial charge in [0.25, 0.3) is 0 Å². The summed E-state index contributed by atoms with van der Waals surface area (Å²) in [4.78, 5) is 2.59. The van der Waals surface area contributed by atoms with Gasteiger partial charge in [-0.15, -0.1) is 0 Å². The first-order chi connectivity index (χ1) is 8.31. The van der Waals surface area contributed by atoms with Crippen LogP contribution in [0.2, 0.25) is 0 Å². The molecule has 0 amide bonds. The first-order valence-electron chi connectivity index (χ1n) is 7.18. The van der Waals surface area contributed by atoms with E-state index in [0.29, 0.717) is 12.1 Å². The molecule has 2 aliphatic rings. The SMILES string of the molecule is CC(CNC1CCCC1C#N)N1CCCCC1. The second-order valence-electron chi connectivity index (χ2n) is 5.63. The molecule has 2 fully saturated rings. The van der Waals surface area contributed by atoms with Gasteiger partial charge < -0.3 is 5.32 Å². The maximum Gasteiger partial charge on any atom is 0.0672 e.